The molecule has 0 fully saturated rings. The highest BCUT2D eigenvalue weighted by molar-refractivity contribution is 5.90. The number of hydrogen-bond acceptors (Lipinski definition) is 4. The monoisotopic (exact) mass is 368 g/mol. The molecule has 2 aromatic rings. The smallest absolute Gasteiger partial charge is 0.338 e. The first kappa shape index (κ1) is 20.7. The Morgan fingerprint density at radius 1 is 0.741 bits per heavy atom. The molecule has 0 saturated heterocycles. The van der Waals surface area contributed by atoms with Gasteiger partial charge >= 0.3 is 11.9 Å². The van der Waals surface area contributed by atoms with Gasteiger partial charge in [0.25, 0.3) is 0 Å². The van der Waals surface area contributed by atoms with Crippen LogP contribution in [-0.2, 0) is 9.47 Å². The van der Waals surface area contributed by atoms with Crippen LogP contribution in [-0.4, -0.2) is 24.1 Å². The number of carbonyl (C=O) groups excluding carboxylic acids is 2. The van der Waals surface area contributed by atoms with E-state index in [0.29, 0.717) is 24.0 Å². The fourth-order valence-electron chi connectivity index (χ4n) is 3.27. The van der Waals surface area contributed by atoms with Crippen LogP contribution in [0.25, 0.3) is 0 Å². The minimum absolute atomic E-state index is 0.361. The molecule has 27 heavy (non-hydrogen) atoms. The van der Waals surface area contributed by atoms with Crippen molar-refractivity contribution in [1.82, 2.24) is 0 Å². The van der Waals surface area contributed by atoms with Gasteiger partial charge in [-0.1, -0.05) is 64.1 Å². The van der Waals surface area contributed by atoms with Gasteiger partial charge in [0, 0.05) is 5.41 Å². The SMILES string of the molecule is CCC(OC(=O)c1ccccc1)C(C)(C)C(CC)OC(=O)c1ccccc1. The van der Waals surface area contributed by atoms with E-state index in [1.807, 2.05) is 39.8 Å². The Morgan fingerprint density at radius 2 is 1.07 bits per heavy atom. The van der Waals surface area contributed by atoms with E-state index >= 15 is 0 Å². The fourth-order valence-corrected chi connectivity index (χ4v) is 3.27. The van der Waals surface area contributed by atoms with Gasteiger partial charge in [-0.15, -0.1) is 0 Å². The quantitative estimate of drug-likeness (QED) is 0.595. The van der Waals surface area contributed by atoms with Gasteiger partial charge in [-0.2, -0.15) is 0 Å². The van der Waals surface area contributed by atoms with Crippen molar-refractivity contribution in [2.24, 2.45) is 5.41 Å². The first-order valence-corrected chi connectivity index (χ1v) is 9.42. The Morgan fingerprint density at radius 3 is 1.37 bits per heavy atom. The summed E-state index contributed by atoms with van der Waals surface area (Å²) in [6, 6.07) is 17.9. The summed E-state index contributed by atoms with van der Waals surface area (Å²) in [4.78, 5) is 25.0. The number of rotatable bonds is 8. The second-order valence-electron chi connectivity index (χ2n) is 7.16. The molecule has 0 spiro atoms. The summed E-state index contributed by atoms with van der Waals surface area (Å²) in [5.74, 6) is -0.723. The Hall–Kier alpha value is -2.62. The Kier molecular flexibility index (Phi) is 7.17. The minimum Gasteiger partial charge on any atom is -0.458 e. The third kappa shape index (κ3) is 5.19. The van der Waals surface area contributed by atoms with Crippen molar-refractivity contribution in [2.75, 3.05) is 0 Å². The van der Waals surface area contributed by atoms with Crippen LogP contribution < -0.4 is 0 Å². The second-order valence-corrected chi connectivity index (χ2v) is 7.16. The van der Waals surface area contributed by atoms with Crippen molar-refractivity contribution in [3.63, 3.8) is 0 Å². The fraction of sp³-hybridized carbons (Fsp3) is 0.391. The van der Waals surface area contributed by atoms with Crippen LogP contribution in [0.2, 0.25) is 0 Å². The normalized spacial score (nSPS) is 13.5. The first-order chi connectivity index (χ1) is 12.9. The van der Waals surface area contributed by atoms with E-state index in [0.717, 1.165) is 0 Å². The summed E-state index contributed by atoms with van der Waals surface area (Å²) in [5.41, 5.74) is 0.500. The molecule has 144 valence electrons. The number of esters is 2. The van der Waals surface area contributed by atoms with Gasteiger partial charge in [0.05, 0.1) is 11.1 Å². The molecular weight excluding hydrogens is 340 g/mol. The van der Waals surface area contributed by atoms with Gasteiger partial charge in [0.1, 0.15) is 12.2 Å². The molecule has 2 aromatic carbocycles. The predicted molar refractivity (Wildman–Crippen MR) is 106 cm³/mol. The van der Waals surface area contributed by atoms with Crippen molar-refractivity contribution >= 4 is 11.9 Å². The van der Waals surface area contributed by atoms with Gasteiger partial charge in [-0.25, -0.2) is 9.59 Å². The van der Waals surface area contributed by atoms with E-state index in [4.69, 9.17) is 9.47 Å². The molecular formula is C23H28O4. The molecule has 4 nitrogen and oxygen atoms in total. The summed E-state index contributed by atoms with van der Waals surface area (Å²) in [6.07, 6.45) is 0.507. The van der Waals surface area contributed by atoms with Crippen molar-refractivity contribution in [1.29, 1.82) is 0 Å². The van der Waals surface area contributed by atoms with Gasteiger partial charge < -0.3 is 9.47 Å². The Balaban J connectivity index is 2.13. The topological polar surface area (TPSA) is 52.6 Å². The Bertz CT molecular complexity index is 674. The molecule has 0 bridgehead atoms. The Labute approximate surface area is 161 Å². The van der Waals surface area contributed by atoms with Crippen LogP contribution in [0.1, 0.15) is 61.3 Å². The van der Waals surface area contributed by atoms with Crippen molar-refractivity contribution in [3.05, 3.63) is 71.8 Å². The maximum atomic E-state index is 12.5. The third-order valence-electron chi connectivity index (χ3n) is 4.92. The zero-order valence-electron chi connectivity index (χ0n) is 16.5. The van der Waals surface area contributed by atoms with Crippen molar-refractivity contribution < 1.29 is 19.1 Å². The van der Waals surface area contributed by atoms with Crippen LogP contribution >= 0.6 is 0 Å². The first-order valence-electron chi connectivity index (χ1n) is 9.42. The lowest BCUT2D eigenvalue weighted by molar-refractivity contribution is -0.0740. The van der Waals surface area contributed by atoms with Gasteiger partial charge in [-0.3, -0.25) is 0 Å². The highest BCUT2D eigenvalue weighted by atomic mass is 16.6. The van der Waals surface area contributed by atoms with Crippen LogP contribution in [0.15, 0.2) is 60.7 Å². The molecule has 2 rings (SSSR count). The maximum absolute atomic E-state index is 12.5. The molecule has 0 N–H and O–H groups in total. The largest absolute Gasteiger partial charge is 0.458 e. The van der Waals surface area contributed by atoms with Gasteiger partial charge in [-0.05, 0) is 37.1 Å². The molecule has 0 aromatic heterocycles. The molecule has 2 atom stereocenters. The average Bonchev–Trinajstić information content (AvgIpc) is 2.70. The summed E-state index contributed by atoms with van der Waals surface area (Å²) in [6.45, 7) is 7.89. The second kappa shape index (κ2) is 9.36. The number of benzene rings is 2. The van der Waals surface area contributed by atoms with E-state index in [1.54, 1.807) is 48.5 Å². The van der Waals surface area contributed by atoms with Crippen molar-refractivity contribution in [3.8, 4) is 0 Å². The molecule has 2 unspecified atom stereocenters. The van der Waals surface area contributed by atoms with Gasteiger partial charge in [0.15, 0.2) is 0 Å². The minimum atomic E-state index is -0.529. The number of ether oxygens (including phenoxy) is 2. The van der Waals surface area contributed by atoms with Crippen LogP contribution in [0.5, 0.6) is 0 Å². The number of hydrogen-bond donors (Lipinski definition) is 0. The molecule has 0 aliphatic rings. The molecule has 4 heteroatoms. The summed E-state index contributed by atoms with van der Waals surface area (Å²) in [5, 5.41) is 0. The number of carbonyl (C=O) groups is 2. The lowest BCUT2D eigenvalue weighted by atomic mass is 9.78. The van der Waals surface area contributed by atoms with E-state index in [9.17, 15) is 9.59 Å². The maximum Gasteiger partial charge on any atom is 0.338 e. The average molecular weight is 368 g/mol. The van der Waals surface area contributed by atoms with Crippen molar-refractivity contribution in [2.45, 2.75) is 52.7 Å². The molecule has 0 aliphatic heterocycles. The molecule has 0 amide bonds. The highest BCUT2D eigenvalue weighted by Gasteiger charge is 2.40. The van der Waals surface area contributed by atoms with E-state index in [-0.39, 0.29) is 24.1 Å². The lowest BCUT2D eigenvalue weighted by Gasteiger charge is -2.39. The van der Waals surface area contributed by atoms with E-state index < -0.39 is 5.41 Å². The van der Waals surface area contributed by atoms with E-state index in [1.165, 1.54) is 0 Å². The molecule has 0 heterocycles. The van der Waals surface area contributed by atoms with E-state index in [2.05, 4.69) is 0 Å². The summed E-state index contributed by atoms with van der Waals surface area (Å²) >= 11 is 0. The lowest BCUT2D eigenvalue weighted by Crippen LogP contribution is -2.44. The highest BCUT2D eigenvalue weighted by Crippen LogP contribution is 2.34. The predicted octanol–water partition coefficient (Wildman–Crippen LogP) is 5.28. The zero-order valence-corrected chi connectivity index (χ0v) is 16.5. The van der Waals surface area contributed by atoms with Gasteiger partial charge in [0.2, 0.25) is 0 Å². The molecule has 0 radical (unpaired) electrons. The summed E-state index contributed by atoms with van der Waals surface area (Å²) in [7, 11) is 0. The van der Waals surface area contributed by atoms with Crippen LogP contribution in [0, 0.1) is 5.41 Å². The molecule has 0 aliphatic carbocycles. The molecule has 0 saturated carbocycles. The zero-order chi connectivity index (χ0) is 19.9. The third-order valence-corrected chi connectivity index (χ3v) is 4.92. The standard InChI is InChI=1S/C23H28O4/c1-5-19(26-21(24)17-13-9-7-10-14-17)23(3,4)20(6-2)27-22(25)18-15-11-8-12-16-18/h7-16,19-20H,5-6H2,1-4H3. The van der Waals surface area contributed by atoms with Crippen LogP contribution in [0.4, 0.5) is 0 Å². The van der Waals surface area contributed by atoms with Crippen LogP contribution in [0.3, 0.4) is 0 Å². The summed E-state index contributed by atoms with van der Waals surface area (Å²) < 4.78 is 11.6.